The number of fused-ring (bicyclic) bond motifs is 1. The van der Waals surface area contributed by atoms with E-state index in [9.17, 15) is 24.4 Å². The predicted molar refractivity (Wildman–Crippen MR) is 133 cm³/mol. The number of imide groups is 1. The van der Waals surface area contributed by atoms with E-state index in [4.69, 9.17) is 9.47 Å². The number of para-hydroxylation sites is 1. The van der Waals surface area contributed by atoms with Crippen molar-refractivity contribution in [3.8, 4) is 11.8 Å². The fraction of sp³-hybridized carbons (Fsp3) is 0.179. The molecule has 0 spiro atoms. The molecule has 1 heterocycles. The van der Waals surface area contributed by atoms with E-state index in [1.165, 1.54) is 13.0 Å². The highest BCUT2D eigenvalue weighted by atomic mass is 16.5. The summed E-state index contributed by atoms with van der Waals surface area (Å²) >= 11 is 0. The van der Waals surface area contributed by atoms with E-state index in [0.29, 0.717) is 22.4 Å². The Balaban J connectivity index is 1.51. The molecule has 3 amide bonds. The average molecular weight is 498 g/mol. The van der Waals surface area contributed by atoms with Gasteiger partial charge in [0.25, 0.3) is 17.7 Å². The van der Waals surface area contributed by atoms with E-state index >= 15 is 0 Å². The Labute approximate surface area is 213 Å². The molecule has 1 N–H and O–H groups in total. The first-order valence-corrected chi connectivity index (χ1v) is 11.6. The second-order valence-electron chi connectivity index (χ2n) is 8.20. The van der Waals surface area contributed by atoms with Crippen LogP contribution in [0.15, 0.2) is 66.7 Å². The number of hydrogen-bond donors (Lipinski definition) is 1. The minimum absolute atomic E-state index is 0.0491. The van der Waals surface area contributed by atoms with Crippen LogP contribution in [0.5, 0.6) is 5.75 Å². The number of carbonyl (C=O) groups is 4. The van der Waals surface area contributed by atoms with Crippen molar-refractivity contribution in [2.75, 3.05) is 11.9 Å². The van der Waals surface area contributed by atoms with Crippen molar-refractivity contribution in [1.29, 1.82) is 5.26 Å². The molecular formula is C28H23N3O6. The van der Waals surface area contributed by atoms with E-state index in [1.807, 2.05) is 6.07 Å². The third kappa shape index (κ3) is 5.18. The highest BCUT2D eigenvalue weighted by Crippen LogP contribution is 2.27. The maximum absolute atomic E-state index is 13.0. The van der Waals surface area contributed by atoms with Crippen LogP contribution in [0.3, 0.4) is 0 Å². The lowest BCUT2D eigenvalue weighted by Gasteiger charge is -2.18. The molecule has 0 aliphatic carbocycles. The summed E-state index contributed by atoms with van der Waals surface area (Å²) in [5.41, 5.74) is 1.79. The molecule has 1 atom stereocenters. The molecule has 37 heavy (non-hydrogen) atoms. The number of ether oxygens (including phenoxy) is 2. The van der Waals surface area contributed by atoms with Crippen LogP contribution in [0.2, 0.25) is 0 Å². The summed E-state index contributed by atoms with van der Waals surface area (Å²) in [5.74, 6) is -2.02. The molecule has 4 rings (SSSR count). The van der Waals surface area contributed by atoms with Gasteiger partial charge in [-0.05, 0) is 55.8 Å². The zero-order valence-electron chi connectivity index (χ0n) is 20.2. The first-order chi connectivity index (χ1) is 17.8. The molecule has 9 nitrogen and oxygen atoms in total. The van der Waals surface area contributed by atoms with Crippen LogP contribution in [0.1, 0.15) is 56.0 Å². The number of hydrogen-bond acceptors (Lipinski definition) is 7. The van der Waals surface area contributed by atoms with Crippen molar-refractivity contribution < 1.29 is 28.7 Å². The van der Waals surface area contributed by atoms with Crippen LogP contribution in [-0.4, -0.2) is 41.3 Å². The summed E-state index contributed by atoms with van der Waals surface area (Å²) in [6.07, 6.45) is -1.19. The molecule has 1 aliphatic rings. The van der Waals surface area contributed by atoms with Crippen molar-refractivity contribution in [2.45, 2.75) is 26.5 Å². The highest BCUT2D eigenvalue weighted by Gasteiger charge is 2.35. The van der Waals surface area contributed by atoms with E-state index in [0.717, 1.165) is 4.90 Å². The van der Waals surface area contributed by atoms with Gasteiger partial charge in [-0.15, -0.1) is 0 Å². The van der Waals surface area contributed by atoms with Gasteiger partial charge in [0.1, 0.15) is 17.4 Å². The van der Waals surface area contributed by atoms with Gasteiger partial charge in [0, 0.05) is 0 Å². The Morgan fingerprint density at radius 1 is 1.00 bits per heavy atom. The van der Waals surface area contributed by atoms with E-state index in [-0.39, 0.29) is 30.0 Å². The Kier molecular flexibility index (Phi) is 7.30. The Morgan fingerprint density at radius 3 is 2.30 bits per heavy atom. The number of rotatable bonds is 8. The van der Waals surface area contributed by atoms with E-state index < -0.39 is 29.8 Å². The van der Waals surface area contributed by atoms with Gasteiger partial charge in [0.05, 0.1) is 35.5 Å². The maximum atomic E-state index is 13.0. The third-order valence-corrected chi connectivity index (χ3v) is 5.74. The minimum Gasteiger partial charge on any atom is -0.493 e. The first-order valence-electron chi connectivity index (χ1n) is 11.6. The van der Waals surface area contributed by atoms with Crippen molar-refractivity contribution >= 4 is 29.4 Å². The van der Waals surface area contributed by atoms with Crippen molar-refractivity contribution in [2.24, 2.45) is 0 Å². The lowest BCUT2D eigenvalue weighted by atomic mass is 10.1. The van der Waals surface area contributed by atoms with Crippen molar-refractivity contribution in [3.05, 3.63) is 94.5 Å². The number of anilines is 1. The van der Waals surface area contributed by atoms with Gasteiger partial charge in [0.2, 0.25) is 0 Å². The van der Waals surface area contributed by atoms with Crippen LogP contribution in [0, 0.1) is 11.3 Å². The molecule has 1 unspecified atom stereocenters. The van der Waals surface area contributed by atoms with Gasteiger partial charge in [-0.25, -0.2) is 4.79 Å². The van der Waals surface area contributed by atoms with Crippen LogP contribution in [-0.2, 0) is 16.1 Å². The number of nitrogens with zero attached hydrogens (tertiary/aromatic N) is 2. The fourth-order valence-electron chi connectivity index (χ4n) is 3.88. The number of carbonyl (C=O) groups excluding carboxylic acids is 4. The third-order valence-electron chi connectivity index (χ3n) is 5.74. The first kappa shape index (κ1) is 25.1. The number of nitrogens with one attached hydrogen (secondary N) is 1. The minimum atomic E-state index is -1.19. The summed E-state index contributed by atoms with van der Waals surface area (Å²) in [6.45, 7) is 3.38. The Morgan fingerprint density at radius 2 is 1.65 bits per heavy atom. The molecule has 0 fully saturated rings. The monoisotopic (exact) mass is 497 g/mol. The van der Waals surface area contributed by atoms with Gasteiger partial charge >= 0.3 is 5.97 Å². The molecular weight excluding hydrogens is 474 g/mol. The molecule has 0 radical (unpaired) electrons. The molecule has 3 aromatic carbocycles. The van der Waals surface area contributed by atoms with Gasteiger partial charge in [0.15, 0.2) is 6.10 Å². The van der Waals surface area contributed by atoms with Crippen molar-refractivity contribution in [1.82, 2.24) is 4.90 Å². The molecule has 186 valence electrons. The topological polar surface area (TPSA) is 126 Å². The number of benzene rings is 3. The molecule has 0 saturated carbocycles. The number of nitriles is 1. The van der Waals surface area contributed by atoms with Gasteiger partial charge in [-0.3, -0.25) is 19.3 Å². The standard InChI is InChI=1S/C28H23N3O6/c1-3-36-24-13-12-18(16-31-26(33)20-9-5-6-10-21(20)27(31)34)14-22(24)28(35)37-17(2)25(32)30-23-11-7-4-8-19(23)15-29/h4-14,17H,3,16H2,1-2H3,(H,30,32). The second-order valence-corrected chi connectivity index (χ2v) is 8.20. The molecule has 3 aromatic rings. The average Bonchev–Trinajstić information content (AvgIpc) is 3.14. The van der Waals surface area contributed by atoms with Gasteiger partial charge in [-0.1, -0.05) is 30.3 Å². The largest absolute Gasteiger partial charge is 0.493 e. The molecule has 0 saturated heterocycles. The smallest absolute Gasteiger partial charge is 0.342 e. The maximum Gasteiger partial charge on any atom is 0.342 e. The van der Waals surface area contributed by atoms with E-state index in [2.05, 4.69) is 5.32 Å². The molecule has 0 aromatic heterocycles. The van der Waals surface area contributed by atoms with Crippen LogP contribution in [0.4, 0.5) is 5.69 Å². The number of esters is 1. The van der Waals surface area contributed by atoms with E-state index in [1.54, 1.807) is 67.6 Å². The van der Waals surface area contributed by atoms with Gasteiger partial charge < -0.3 is 14.8 Å². The summed E-state index contributed by atoms with van der Waals surface area (Å²) in [4.78, 5) is 52.3. The fourth-order valence-corrected chi connectivity index (χ4v) is 3.88. The quantitative estimate of drug-likeness (QED) is 0.369. The lowest BCUT2D eigenvalue weighted by molar-refractivity contribution is -0.123. The zero-order valence-corrected chi connectivity index (χ0v) is 20.2. The normalized spacial score (nSPS) is 12.9. The molecule has 0 bridgehead atoms. The second kappa shape index (κ2) is 10.7. The van der Waals surface area contributed by atoms with Crippen LogP contribution in [0.25, 0.3) is 0 Å². The SMILES string of the molecule is CCOc1ccc(CN2C(=O)c3ccccc3C2=O)cc1C(=O)OC(C)C(=O)Nc1ccccc1C#N. The summed E-state index contributed by atoms with van der Waals surface area (Å²) in [7, 11) is 0. The Hall–Kier alpha value is -4.97. The van der Waals surface area contributed by atoms with Crippen LogP contribution < -0.4 is 10.1 Å². The molecule has 9 heteroatoms. The van der Waals surface area contributed by atoms with Gasteiger partial charge in [-0.2, -0.15) is 5.26 Å². The zero-order chi connectivity index (χ0) is 26.5. The van der Waals surface area contributed by atoms with Crippen LogP contribution >= 0.6 is 0 Å². The highest BCUT2D eigenvalue weighted by molar-refractivity contribution is 6.21. The Bertz CT molecular complexity index is 1410. The van der Waals surface area contributed by atoms with Crippen molar-refractivity contribution in [3.63, 3.8) is 0 Å². The lowest BCUT2D eigenvalue weighted by Crippen LogP contribution is -2.31. The summed E-state index contributed by atoms with van der Waals surface area (Å²) in [6, 6.07) is 19.7. The summed E-state index contributed by atoms with van der Waals surface area (Å²) in [5, 5.41) is 11.8. The number of amides is 3. The molecule has 1 aliphatic heterocycles. The predicted octanol–water partition coefficient (Wildman–Crippen LogP) is 3.94. The summed E-state index contributed by atoms with van der Waals surface area (Å²) < 4.78 is 10.9.